The number of hydrogen-bond donors (Lipinski definition) is 3. The first-order chi connectivity index (χ1) is 14.1. The Bertz CT molecular complexity index is 1050. The molecule has 29 heavy (non-hydrogen) atoms. The summed E-state index contributed by atoms with van der Waals surface area (Å²) in [6.45, 7) is 4.08. The maximum absolute atomic E-state index is 4.52. The van der Waals surface area contributed by atoms with E-state index in [0.29, 0.717) is 17.8 Å². The maximum Gasteiger partial charge on any atom is 0.233 e. The molecule has 0 spiro atoms. The van der Waals surface area contributed by atoms with Crippen LogP contribution in [0.3, 0.4) is 0 Å². The minimum absolute atomic E-state index is 0.415. The highest BCUT2D eigenvalue weighted by Gasteiger charge is 2.09. The lowest BCUT2D eigenvalue weighted by Crippen LogP contribution is -2.07. The van der Waals surface area contributed by atoms with Crippen LogP contribution in [0.1, 0.15) is 11.1 Å². The molecule has 0 aliphatic carbocycles. The van der Waals surface area contributed by atoms with Crippen molar-refractivity contribution in [3.8, 4) is 0 Å². The Morgan fingerprint density at radius 2 is 1.07 bits per heavy atom. The third-order valence-corrected chi connectivity index (χ3v) is 4.10. The summed E-state index contributed by atoms with van der Waals surface area (Å²) in [7, 11) is 0. The van der Waals surface area contributed by atoms with Gasteiger partial charge in [0.15, 0.2) is 0 Å². The van der Waals surface area contributed by atoms with Crippen molar-refractivity contribution in [2.45, 2.75) is 13.8 Å². The predicted molar refractivity (Wildman–Crippen MR) is 116 cm³/mol. The molecule has 0 atom stereocenters. The SMILES string of the molecule is Cc1cccc(Nc2nc(Nc3cccnc3)nc(Nc3cccc(C)c3)n2)c1. The smallest absolute Gasteiger partial charge is 0.233 e. The van der Waals surface area contributed by atoms with Crippen molar-refractivity contribution in [2.75, 3.05) is 16.0 Å². The van der Waals surface area contributed by atoms with Crippen LogP contribution in [-0.2, 0) is 0 Å². The summed E-state index contributed by atoms with van der Waals surface area (Å²) in [4.78, 5) is 17.6. The fourth-order valence-electron chi connectivity index (χ4n) is 2.81. The lowest BCUT2D eigenvalue weighted by atomic mass is 10.2. The van der Waals surface area contributed by atoms with Crippen LogP contribution in [0, 0.1) is 13.8 Å². The molecular formula is C22H21N7. The monoisotopic (exact) mass is 383 g/mol. The normalized spacial score (nSPS) is 10.4. The molecule has 0 radical (unpaired) electrons. The van der Waals surface area contributed by atoms with Crippen LogP contribution in [0.5, 0.6) is 0 Å². The van der Waals surface area contributed by atoms with Gasteiger partial charge in [-0.3, -0.25) is 4.98 Å². The average molecular weight is 383 g/mol. The second kappa shape index (κ2) is 8.35. The van der Waals surface area contributed by atoms with E-state index in [4.69, 9.17) is 0 Å². The highest BCUT2D eigenvalue weighted by atomic mass is 15.3. The molecule has 7 heteroatoms. The molecule has 4 rings (SSSR count). The number of anilines is 6. The van der Waals surface area contributed by atoms with Gasteiger partial charge in [-0.2, -0.15) is 15.0 Å². The number of nitrogens with one attached hydrogen (secondary N) is 3. The van der Waals surface area contributed by atoms with Crippen LogP contribution in [0.25, 0.3) is 0 Å². The van der Waals surface area contributed by atoms with E-state index in [2.05, 4.69) is 35.9 Å². The molecule has 0 saturated heterocycles. The topological polar surface area (TPSA) is 87.7 Å². The number of rotatable bonds is 6. The van der Waals surface area contributed by atoms with Crippen molar-refractivity contribution in [2.24, 2.45) is 0 Å². The summed E-state index contributed by atoms with van der Waals surface area (Å²) >= 11 is 0. The van der Waals surface area contributed by atoms with Gasteiger partial charge in [0.05, 0.1) is 11.9 Å². The first kappa shape index (κ1) is 18.4. The van der Waals surface area contributed by atoms with Crippen molar-refractivity contribution >= 4 is 34.9 Å². The summed E-state index contributed by atoms with van der Waals surface area (Å²) in [5, 5.41) is 9.68. The summed E-state index contributed by atoms with van der Waals surface area (Å²) in [6, 6.07) is 19.8. The van der Waals surface area contributed by atoms with Gasteiger partial charge in [-0.1, -0.05) is 24.3 Å². The Balaban J connectivity index is 1.66. The van der Waals surface area contributed by atoms with Crippen LogP contribution in [0.2, 0.25) is 0 Å². The van der Waals surface area contributed by atoms with Crippen molar-refractivity contribution in [1.82, 2.24) is 19.9 Å². The first-order valence-corrected chi connectivity index (χ1v) is 9.24. The first-order valence-electron chi connectivity index (χ1n) is 9.24. The van der Waals surface area contributed by atoms with Crippen molar-refractivity contribution in [3.63, 3.8) is 0 Å². The van der Waals surface area contributed by atoms with E-state index in [1.165, 1.54) is 0 Å². The Morgan fingerprint density at radius 3 is 1.52 bits per heavy atom. The van der Waals surface area contributed by atoms with E-state index in [1.54, 1.807) is 12.4 Å². The Hall–Kier alpha value is -4.00. The van der Waals surface area contributed by atoms with E-state index < -0.39 is 0 Å². The van der Waals surface area contributed by atoms with Crippen LogP contribution in [0.4, 0.5) is 34.9 Å². The van der Waals surface area contributed by atoms with E-state index in [-0.39, 0.29) is 0 Å². The largest absolute Gasteiger partial charge is 0.324 e. The van der Waals surface area contributed by atoms with E-state index in [0.717, 1.165) is 28.2 Å². The molecule has 0 bridgehead atoms. The summed E-state index contributed by atoms with van der Waals surface area (Å²) in [6.07, 6.45) is 3.43. The molecule has 3 N–H and O–H groups in total. The molecule has 0 amide bonds. The number of benzene rings is 2. The molecule has 7 nitrogen and oxygen atoms in total. The number of hydrogen-bond acceptors (Lipinski definition) is 7. The lowest BCUT2D eigenvalue weighted by molar-refractivity contribution is 1.06. The van der Waals surface area contributed by atoms with Crippen LogP contribution in [-0.4, -0.2) is 19.9 Å². The number of pyridine rings is 1. The standard InChI is InChI=1S/C22H21N7/c1-15-6-3-8-17(12-15)24-20-27-21(25-18-9-4-7-16(2)13-18)29-22(28-20)26-19-10-5-11-23-14-19/h3-14H,1-2H3,(H3,24,25,26,27,28,29). The van der Waals surface area contributed by atoms with Gasteiger partial charge in [-0.15, -0.1) is 0 Å². The molecule has 0 saturated carbocycles. The van der Waals surface area contributed by atoms with Gasteiger partial charge in [0.25, 0.3) is 0 Å². The highest BCUT2D eigenvalue weighted by molar-refractivity contribution is 5.62. The molecule has 0 aliphatic heterocycles. The van der Waals surface area contributed by atoms with Crippen LogP contribution >= 0.6 is 0 Å². The number of aryl methyl sites for hydroxylation is 2. The minimum atomic E-state index is 0.415. The van der Waals surface area contributed by atoms with Gasteiger partial charge in [0, 0.05) is 17.6 Å². The fourth-order valence-corrected chi connectivity index (χ4v) is 2.81. The Morgan fingerprint density at radius 1 is 0.586 bits per heavy atom. The van der Waals surface area contributed by atoms with Crippen molar-refractivity contribution < 1.29 is 0 Å². The quantitative estimate of drug-likeness (QED) is 0.426. The van der Waals surface area contributed by atoms with Gasteiger partial charge in [0.1, 0.15) is 0 Å². The Labute approximate surface area is 169 Å². The van der Waals surface area contributed by atoms with Gasteiger partial charge >= 0.3 is 0 Å². The van der Waals surface area contributed by atoms with E-state index in [9.17, 15) is 0 Å². The fraction of sp³-hybridized carbons (Fsp3) is 0.0909. The molecule has 144 valence electrons. The van der Waals surface area contributed by atoms with Crippen molar-refractivity contribution in [3.05, 3.63) is 84.2 Å². The van der Waals surface area contributed by atoms with Crippen molar-refractivity contribution in [1.29, 1.82) is 0 Å². The molecule has 0 aliphatic rings. The van der Waals surface area contributed by atoms with Gasteiger partial charge in [0.2, 0.25) is 17.8 Å². The van der Waals surface area contributed by atoms with Crippen LogP contribution in [0.15, 0.2) is 73.1 Å². The molecule has 2 aromatic carbocycles. The van der Waals surface area contributed by atoms with E-state index in [1.807, 2.05) is 74.5 Å². The van der Waals surface area contributed by atoms with Gasteiger partial charge in [-0.25, -0.2) is 0 Å². The molecule has 2 heterocycles. The molecule has 4 aromatic rings. The van der Waals surface area contributed by atoms with Crippen LogP contribution < -0.4 is 16.0 Å². The van der Waals surface area contributed by atoms with Gasteiger partial charge < -0.3 is 16.0 Å². The molecular weight excluding hydrogens is 362 g/mol. The third-order valence-electron chi connectivity index (χ3n) is 4.10. The zero-order valence-corrected chi connectivity index (χ0v) is 16.2. The molecule has 0 fully saturated rings. The third kappa shape index (κ3) is 5.04. The molecule has 0 unspecified atom stereocenters. The average Bonchev–Trinajstić information content (AvgIpc) is 2.69. The summed E-state index contributed by atoms with van der Waals surface area (Å²) in [5.74, 6) is 1.29. The second-order valence-electron chi connectivity index (χ2n) is 6.66. The number of aromatic nitrogens is 4. The zero-order valence-electron chi connectivity index (χ0n) is 16.2. The highest BCUT2D eigenvalue weighted by Crippen LogP contribution is 2.21. The minimum Gasteiger partial charge on any atom is -0.324 e. The second-order valence-corrected chi connectivity index (χ2v) is 6.66. The summed E-state index contributed by atoms with van der Waals surface area (Å²) in [5.41, 5.74) is 4.91. The number of nitrogens with zero attached hydrogens (tertiary/aromatic N) is 4. The predicted octanol–water partition coefficient (Wildman–Crippen LogP) is 5.11. The lowest BCUT2D eigenvalue weighted by Gasteiger charge is -2.12. The maximum atomic E-state index is 4.52. The molecule has 2 aromatic heterocycles. The van der Waals surface area contributed by atoms with E-state index >= 15 is 0 Å². The Kier molecular flexibility index (Phi) is 5.29. The summed E-state index contributed by atoms with van der Waals surface area (Å²) < 4.78 is 0. The zero-order chi connectivity index (χ0) is 20.1. The van der Waals surface area contributed by atoms with Gasteiger partial charge in [-0.05, 0) is 61.4 Å².